The Bertz CT molecular complexity index is 951. The monoisotopic (exact) mass is 371 g/mol. The van der Waals surface area contributed by atoms with E-state index in [0.29, 0.717) is 22.9 Å². The minimum absolute atomic E-state index is 0.0309. The second-order valence-corrected chi connectivity index (χ2v) is 6.29. The molecule has 0 bridgehead atoms. The van der Waals surface area contributed by atoms with Crippen molar-refractivity contribution in [2.45, 2.75) is 6.54 Å². The first kappa shape index (κ1) is 16.2. The third kappa shape index (κ3) is 3.38. The van der Waals surface area contributed by atoms with Crippen molar-refractivity contribution >= 4 is 29.2 Å². The summed E-state index contributed by atoms with van der Waals surface area (Å²) < 4.78 is 15.7. The second-order valence-electron chi connectivity index (χ2n) is 5.34. The van der Waals surface area contributed by atoms with E-state index in [1.165, 1.54) is 17.6 Å². The molecule has 1 aromatic carbocycles. The molecule has 132 valence electrons. The standard InChI is InChI=1S/C17H13N3O5S/c21-15(18-7-10-3-4-12-13(6-10)25-9-24-12)11-8-23-17(19-11)20-16(22)14-2-1-5-26-14/h1-6,8H,7,9H2,(H,18,21)(H,19,20,22). The molecule has 3 aromatic rings. The number of amides is 2. The summed E-state index contributed by atoms with van der Waals surface area (Å²) in [6, 6.07) is 8.85. The third-order valence-electron chi connectivity index (χ3n) is 3.59. The van der Waals surface area contributed by atoms with E-state index >= 15 is 0 Å². The number of hydrogen-bond donors (Lipinski definition) is 2. The van der Waals surface area contributed by atoms with Crippen LogP contribution < -0.4 is 20.1 Å². The number of anilines is 1. The quantitative estimate of drug-likeness (QED) is 0.715. The maximum absolute atomic E-state index is 12.2. The molecule has 0 spiro atoms. The maximum atomic E-state index is 12.2. The molecule has 0 radical (unpaired) electrons. The topological polar surface area (TPSA) is 103 Å². The Hall–Kier alpha value is -3.33. The molecule has 26 heavy (non-hydrogen) atoms. The Labute approximate surface area is 151 Å². The number of carbonyl (C=O) groups is 2. The van der Waals surface area contributed by atoms with Crippen LogP contribution in [0.3, 0.4) is 0 Å². The lowest BCUT2D eigenvalue weighted by Crippen LogP contribution is -2.23. The molecule has 0 saturated carbocycles. The normalized spacial score (nSPS) is 12.0. The number of nitrogens with one attached hydrogen (secondary N) is 2. The molecular formula is C17H13N3O5S. The Kier molecular flexibility index (Phi) is 4.28. The van der Waals surface area contributed by atoms with Crippen molar-refractivity contribution in [3.8, 4) is 11.5 Å². The number of oxazole rings is 1. The number of benzene rings is 1. The number of carbonyl (C=O) groups excluding carboxylic acids is 2. The highest BCUT2D eigenvalue weighted by molar-refractivity contribution is 7.12. The van der Waals surface area contributed by atoms with Gasteiger partial charge in [0.2, 0.25) is 6.79 Å². The lowest BCUT2D eigenvalue weighted by atomic mass is 10.2. The highest BCUT2D eigenvalue weighted by Crippen LogP contribution is 2.32. The van der Waals surface area contributed by atoms with Gasteiger partial charge in [-0.25, -0.2) is 0 Å². The summed E-state index contributed by atoms with van der Waals surface area (Å²) in [7, 11) is 0. The van der Waals surface area contributed by atoms with Crippen molar-refractivity contribution in [2.24, 2.45) is 0 Å². The zero-order valence-electron chi connectivity index (χ0n) is 13.4. The van der Waals surface area contributed by atoms with E-state index in [1.807, 2.05) is 6.07 Å². The van der Waals surface area contributed by atoms with Crippen LogP contribution in [0.1, 0.15) is 25.7 Å². The number of thiophene rings is 1. The molecule has 1 aliphatic heterocycles. The molecule has 1 aliphatic rings. The van der Waals surface area contributed by atoms with E-state index in [-0.39, 0.29) is 24.4 Å². The van der Waals surface area contributed by atoms with Crippen LogP contribution in [-0.2, 0) is 6.54 Å². The number of aromatic nitrogens is 1. The number of fused-ring (bicyclic) bond motifs is 1. The predicted octanol–water partition coefficient (Wildman–Crippen LogP) is 2.65. The Morgan fingerprint density at radius 3 is 2.88 bits per heavy atom. The highest BCUT2D eigenvalue weighted by Gasteiger charge is 2.16. The molecule has 3 heterocycles. The molecular weight excluding hydrogens is 358 g/mol. The Morgan fingerprint density at radius 2 is 2.04 bits per heavy atom. The molecule has 2 N–H and O–H groups in total. The first-order valence-corrected chi connectivity index (χ1v) is 8.54. The van der Waals surface area contributed by atoms with E-state index in [1.54, 1.807) is 29.6 Å². The van der Waals surface area contributed by atoms with Crippen LogP contribution in [0.15, 0.2) is 46.4 Å². The molecule has 0 unspecified atom stereocenters. The summed E-state index contributed by atoms with van der Waals surface area (Å²) in [5.74, 6) is 0.580. The van der Waals surface area contributed by atoms with E-state index in [2.05, 4.69) is 15.6 Å². The molecule has 2 aromatic heterocycles. The van der Waals surface area contributed by atoms with Gasteiger partial charge in [-0.15, -0.1) is 11.3 Å². The lowest BCUT2D eigenvalue weighted by molar-refractivity contribution is 0.0944. The SMILES string of the molecule is O=C(NCc1ccc2c(c1)OCO2)c1coc(NC(=O)c2cccs2)n1. The Balaban J connectivity index is 1.35. The number of ether oxygens (including phenoxy) is 2. The average molecular weight is 371 g/mol. The first-order chi connectivity index (χ1) is 12.7. The van der Waals surface area contributed by atoms with Crippen LogP contribution in [0.4, 0.5) is 6.01 Å². The summed E-state index contributed by atoms with van der Waals surface area (Å²) in [6.07, 6.45) is 1.19. The summed E-state index contributed by atoms with van der Waals surface area (Å²) in [5.41, 5.74) is 0.935. The zero-order chi connectivity index (χ0) is 17.9. The minimum Gasteiger partial charge on any atom is -0.454 e. The van der Waals surface area contributed by atoms with Crippen molar-refractivity contribution in [3.05, 3.63) is 58.1 Å². The number of rotatable bonds is 5. The molecule has 0 saturated heterocycles. The fourth-order valence-electron chi connectivity index (χ4n) is 2.33. The van der Waals surface area contributed by atoms with Gasteiger partial charge in [0, 0.05) is 6.54 Å². The largest absolute Gasteiger partial charge is 0.454 e. The van der Waals surface area contributed by atoms with Crippen molar-refractivity contribution in [1.82, 2.24) is 10.3 Å². The van der Waals surface area contributed by atoms with Crippen LogP contribution >= 0.6 is 11.3 Å². The van der Waals surface area contributed by atoms with E-state index in [0.717, 1.165) is 5.56 Å². The molecule has 2 amide bonds. The third-order valence-corrected chi connectivity index (χ3v) is 4.46. The molecule has 9 heteroatoms. The van der Waals surface area contributed by atoms with Gasteiger partial charge < -0.3 is 19.2 Å². The highest BCUT2D eigenvalue weighted by atomic mass is 32.1. The van der Waals surface area contributed by atoms with Crippen molar-refractivity contribution in [3.63, 3.8) is 0 Å². The average Bonchev–Trinajstić information content (AvgIpc) is 3.39. The molecule has 4 rings (SSSR count). The lowest BCUT2D eigenvalue weighted by Gasteiger charge is -2.04. The van der Waals surface area contributed by atoms with Crippen LogP contribution in [-0.4, -0.2) is 23.6 Å². The van der Waals surface area contributed by atoms with Gasteiger partial charge in [-0.1, -0.05) is 12.1 Å². The van der Waals surface area contributed by atoms with Gasteiger partial charge in [-0.05, 0) is 29.1 Å². The molecule has 0 fully saturated rings. The van der Waals surface area contributed by atoms with Crippen molar-refractivity contribution in [1.29, 1.82) is 0 Å². The second kappa shape index (κ2) is 6.89. The van der Waals surface area contributed by atoms with Crippen molar-refractivity contribution < 1.29 is 23.5 Å². The summed E-state index contributed by atoms with van der Waals surface area (Å²) in [6.45, 7) is 0.489. The Morgan fingerprint density at radius 1 is 1.15 bits per heavy atom. The van der Waals surface area contributed by atoms with E-state index < -0.39 is 5.91 Å². The van der Waals surface area contributed by atoms with Gasteiger partial charge in [0.25, 0.3) is 11.8 Å². The zero-order valence-corrected chi connectivity index (χ0v) is 14.2. The van der Waals surface area contributed by atoms with E-state index in [9.17, 15) is 9.59 Å². The summed E-state index contributed by atoms with van der Waals surface area (Å²) >= 11 is 1.30. The smallest absolute Gasteiger partial charge is 0.302 e. The van der Waals surface area contributed by atoms with Gasteiger partial charge in [-0.3, -0.25) is 14.9 Å². The summed E-state index contributed by atoms with van der Waals surface area (Å²) in [4.78, 5) is 28.6. The molecule has 0 atom stereocenters. The van der Waals surface area contributed by atoms with Gasteiger partial charge in [-0.2, -0.15) is 4.98 Å². The number of nitrogens with zero attached hydrogens (tertiary/aromatic N) is 1. The molecule has 0 aliphatic carbocycles. The minimum atomic E-state index is -0.414. The predicted molar refractivity (Wildman–Crippen MR) is 92.5 cm³/mol. The van der Waals surface area contributed by atoms with Gasteiger partial charge >= 0.3 is 6.01 Å². The van der Waals surface area contributed by atoms with Crippen LogP contribution in [0, 0.1) is 0 Å². The van der Waals surface area contributed by atoms with Gasteiger partial charge in [0.1, 0.15) is 6.26 Å². The molecule has 8 nitrogen and oxygen atoms in total. The fourth-order valence-corrected chi connectivity index (χ4v) is 2.94. The maximum Gasteiger partial charge on any atom is 0.302 e. The van der Waals surface area contributed by atoms with E-state index in [4.69, 9.17) is 13.9 Å². The van der Waals surface area contributed by atoms with Gasteiger partial charge in [0.15, 0.2) is 17.2 Å². The first-order valence-electron chi connectivity index (χ1n) is 7.66. The van der Waals surface area contributed by atoms with Crippen LogP contribution in [0.25, 0.3) is 0 Å². The number of hydrogen-bond acceptors (Lipinski definition) is 7. The van der Waals surface area contributed by atoms with Crippen LogP contribution in [0.5, 0.6) is 11.5 Å². The summed E-state index contributed by atoms with van der Waals surface area (Å²) in [5, 5.41) is 7.03. The van der Waals surface area contributed by atoms with Gasteiger partial charge in [0.05, 0.1) is 4.88 Å². The van der Waals surface area contributed by atoms with Crippen molar-refractivity contribution in [2.75, 3.05) is 12.1 Å². The fraction of sp³-hybridized carbons (Fsp3) is 0.118. The van der Waals surface area contributed by atoms with Crippen LogP contribution in [0.2, 0.25) is 0 Å².